The zero-order valence-corrected chi connectivity index (χ0v) is 11.9. The lowest BCUT2D eigenvalue weighted by atomic mass is 10.0. The minimum atomic E-state index is -0.724. The number of nitrogens with one attached hydrogen (secondary N) is 1. The van der Waals surface area contributed by atoms with E-state index in [0.29, 0.717) is 6.61 Å². The van der Waals surface area contributed by atoms with Crippen molar-refractivity contribution in [2.45, 2.75) is 39.8 Å². The van der Waals surface area contributed by atoms with Gasteiger partial charge in [-0.25, -0.2) is 0 Å². The third kappa shape index (κ3) is 4.99. The highest BCUT2D eigenvalue weighted by atomic mass is 16.6. The summed E-state index contributed by atoms with van der Waals surface area (Å²) in [6, 6.07) is 7.95. The average molecular weight is 263 g/mol. The van der Waals surface area contributed by atoms with Gasteiger partial charge in [0.1, 0.15) is 6.61 Å². The van der Waals surface area contributed by atoms with Crippen LogP contribution in [0.1, 0.15) is 31.9 Å². The second-order valence-electron chi connectivity index (χ2n) is 5.05. The number of carbonyl (C=O) groups is 1. The summed E-state index contributed by atoms with van der Waals surface area (Å²) in [5.74, 6) is 0.0668. The van der Waals surface area contributed by atoms with E-state index in [1.54, 1.807) is 13.8 Å². The van der Waals surface area contributed by atoms with E-state index in [9.17, 15) is 4.79 Å². The molecule has 1 aromatic carbocycles. The molecule has 0 saturated carbocycles. The van der Waals surface area contributed by atoms with Crippen LogP contribution in [0.4, 0.5) is 0 Å². The molecule has 0 fully saturated rings. The summed E-state index contributed by atoms with van der Waals surface area (Å²) in [4.78, 5) is 16.3. The molecule has 0 spiro atoms. The molecule has 0 aliphatic rings. The summed E-state index contributed by atoms with van der Waals surface area (Å²) in [6.45, 7) is 7.33. The van der Waals surface area contributed by atoms with Crippen molar-refractivity contribution in [3.8, 4) is 0 Å². The standard InChI is InChI=1S/C14H21N3O2/c1-10-6-5-7-12(8-10)9-19-17-13(15)14(3,4)16-11(2)18/h5-8H,9H2,1-4H3,(H2,15,17)(H,16,18). The molecule has 0 saturated heterocycles. The number of amidine groups is 1. The second-order valence-corrected chi connectivity index (χ2v) is 5.05. The predicted octanol–water partition coefficient (Wildman–Crippen LogP) is 1.70. The minimum Gasteiger partial charge on any atom is -0.389 e. The van der Waals surface area contributed by atoms with Gasteiger partial charge in [0.15, 0.2) is 5.84 Å². The Balaban J connectivity index is 2.59. The number of hydrogen-bond donors (Lipinski definition) is 2. The first kappa shape index (κ1) is 15.0. The lowest BCUT2D eigenvalue weighted by Gasteiger charge is -2.24. The maximum Gasteiger partial charge on any atom is 0.217 e. The molecule has 1 amide bonds. The lowest BCUT2D eigenvalue weighted by molar-refractivity contribution is -0.119. The van der Waals surface area contributed by atoms with E-state index in [4.69, 9.17) is 10.6 Å². The molecule has 1 rings (SSSR count). The Bertz CT molecular complexity index is 481. The van der Waals surface area contributed by atoms with Crippen LogP contribution >= 0.6 is 0 Å². The number of nitrogens with two attached hydrogens (primary N) is 1. The Morgan fingerprint density at radius 3 is 2.74 bits per heavy atom. The highest BCUT2D eigenvalue weighted by molar-refractivity contribution is 5.92. The van der Waals surface area contributed by atoms with Crippen molar-refractivity contribution in [2.24, 2.45) is 10.9 Å². The van der Waals surface area contributed by atoms with Crippen molar-refractivity contribution < 1.29 is 9.63 Å². The maximum absolute atomic E-state index is 11.0. The summed E-state index contributed by atoms with van der Waals surface area (Å²) in [5.41, 5.74) is 7.27. The molecule has 0 unspecified atom stereocenters. The van der Waals surface area contributed by atoms with Crippen LogP contribution in [0, 0.1) is 6.92 Å². The van der Waals surface area contributed by atoms with Gasteiger partial charge in [-0.05, 0) is 26.3 Å². The SMILES string of the molecule is CC(=O)NC(C)(C)C(N)=NOCc1cccc(C)c1. The number of aryl methyl sites for hydroxylation is 1. The largest absolute Gasteiger partial charge is 0.389 e. The van der Waals surface area contributed by atoms with Gasteiger partial charge in [0, 0.05) is 6.92 Å². The van der Waals surface area contributed by atoms with Gasteiger partial charge in [-0.1, -0.05) is 35.0 Å². The first-order valence-corrected chi connectivity index (χ1v) is 6.11. The van der Waals surface area contributed by atoms with Gasteiger partial charge in [-0.15, -0.1) is 0 Å². The number of nitrogens with zero attached hydrogens (tertiary/aromatic N) is 1. The number of benzene rings is 1. The van der Waals surface area contributed by atoms with Crippen molar-refractivity contribution >= 4 is 11.7 Å². The molecule has 1 aromatic rings. The molecule has 5 heteroatoms. The maximum atomic E-state index is 11.0. The van der Waals surface area contributed by atoms with Crippen molar-refractivity contribution in [2.75, 3.05) is 0 Å². The van der Waals surface area contributed by atoms with E-state index >= 15 is 0 Å². The molecule has 0 bridgehead atoms. The van der Waals surface area contributed by atoms with Crippen LogP contribution in [-0.4, -0.2) is 17.3 Å². The van der Waals surface area contributed by atoms with Gasteiger partial charge in [0.25, 0.3) is 0 Å². The lowest BCUT2D eigenvalue weighted by Crippen LogP contribution is -2.52. The Kier molecular flexibility index (Phi) is 4.92. The third-order valence-electron chi connectivity index (χ3n) is 2.61. The zero-order valence-electron chi connectivity index (χ0n) is 11.9. The van der Waals surface area contributed by atoms with Gasteiger partial charge in [-0.3, -0.25) is 4.79 Å². The minimum absolute atomic E-state index is 0.165. The van der Waals surface area contributed by atoms with E-state index < -0.39 is 5.54 Å². The van der Waals surface area contributed by atoms with E-state index in [0.717, 1.165) is 11.1 Å². The summed E-state index contributed by atoms with van der Waals surface area (Å²) in [7, 11) is 0. The molecule has 5 nitrogen and oxygen atoms in total. The number of carbonyl (C=O) groups excluding carboxylic acids is 1. The molecule has 104 valence electrons. The molecule has 0 atom stereocenters. The van der Waals surface area contributed by atoms with Crippen LogP contribution in [0.3, 0.4) is 0 Å². The molecule has 0 heterocycles. The Morgan fingerprint density at radius 2 is 2.16 bits per heavy atom. The Labute approximate surface area is 113 Å². The number of amides is 1. The number of oxime groups is 1. The monoisotopic (exact) mass is 263 g/mol. The smallest absolute Gasteiger partial charge is 0.217 e. The van der Waals surface area contributed by atoms with Crippen LogP contribution in [0.2, 0.25) is 0 Å². The topological polar surface area (TPSA) is 76.7 Å². The van der Waals surface area contributed by atoms with Gasteiger partial charge in [0.05, 0.1) is 5.54 Å². The molecular weight excluding hydrogens is 242 g/mol. The summed E-state index contributed by atoms with van der Waals surface area (Å²) >= 11 is 0. The van der Waals surface area contributed by atoms with Crippen molar-refractivity contribution in [1.29, 1.82) is 0 Å². The molecule has 0 aliphatic carbocycles. The van der Waals surface area contributed by atoms with Crippen LogP contribution in [0.25, 0.3) is 0 Å². The fourth-order valence-electron chi connectivity index (χ4n) is 1.60. The highest BCUT2D eigenvalue weighted by Crippen LogP contribution is 2.07. The second kappa shape index (κ2) is 6.22. The molecule has 0 radical (unpaired) electrons. The molecule has 0 aliphatic heterocycles. The Morgan fingerprint density at radius 1 is 1.47 bits per heavy atom. The normalized spacial score (nSPS) is 12.1. The quantitative estimate of drug-likeness (QED) is 0.482. The molecule has 0 aromatic heterocycles. The van der Waals surface area contributed by atoms with Crippen LogP contribution < -0.4 is 11.1 Å². The van der Waals surface area contributed by atoms with Crippen molar-refractivity contribution in [3.05, 3.63) is 35.4 Å². The summed E-state index contributed by atoms with van der Waals surface area (Å²) in [5, 5.41) is 6.56. The van der Waals surface area contributed by atoms with Gasteiger partial charge in [-0.2, -0.15) is 0 Å². The van der Waals surface area contributed by atoms with E-state index in [1.807, 2.05) is 31.2 Å². The highest BCUT2D eigenvalue weighted by Gasteiger charge is 2.24. The molecular formula is C14H21N3O2. The van der Waals surface area contributed by atoms with E-state index in [1.165, 1.54) is 6.92 Å². The van der Waals surface area contributed by atoms with Gasteiger partial charge in [0.2, 0.25) is 5.91 Å². The first-order chi connectivity index (χ1) is 8.81. The number of hydrogen-bond acceptors (Lipinski definition) is 3. The van der Waals surface area contributed by atoms with E-state index in [-0.39, 0.29) is 11.7 Å². The zero-order chi connectivity index (χ0) is 14.5. The Hall–Kier alpha value is -2.04. The third-order valence-corrected chi connectivity index (χ3v) is 2.61. The van der Waals surface area contributed by atoms with Gasteiger partial charge < -0.3 is 15.9 Å². The van der Waals surface area contributed by atoms with Crippen LogP contribution in [-0.2, 0) is 16.2 Å². The van der Waals surface area contributed by atoms with Crippen LogP contribution in [0.5, 0.6) is 0 Å². The fraction of sp³-hybridized carbons (Fsp3) is 0.429. The van der Waals surface area contributed by atoms with Crippen molar-refractivity contribution in [3.63, 3.8) is 0 Å². The fourth-order valence-corrected chi connectivity index (χ4v) is 1.60. The molecule has 19 heavy (non-hydrogen) atoms. The van der Waals surface area contributed by atoms with Crippen LogP contribution in [0.15, 0.2) is 29.4 Å². The van der Waals surface area contributed by atoms with Gasteiger partial charge >= 0.3 is 0 Å². The predicted molar refractivity (Wildman–Crippen MR) is 75.5 cm³/mol. The first-order valence-electron chi connectivity index (χ1n) is 6.11. The summed E-state index contributed by atoms with van der Waals surface area (Å²) in [6.07, 6.45) is 0. The average Bonchev–Trinajstić information content (AvgIpc) is 2.27. The van der Waals surface area contributed by atoms with E-state index in [2.05, 4.69) is 10.5 Å². The number of rotatable bonds is 5. The molecule has 3 N–H and O–H groups in total. The van der Waals surface area contributed by atoms with Crippen molar-refractivity contribution in [1.82, 2.24) is 5.32 Å². The summed E-state index contributed by atoms with van der Waals surface area (Å²) < 4.78 is 0.